The third-order valence-corrected chi connectivity index (χ3v) is 8.40. The van der Waals surface area contributed by atoms with Crippen LogP contribution in [0.25, 0.3) is 22.4 Å². The second kappa shape index (κ2) is 12.2. The zero-order valence-electron chi connectivity index (χ0n) is 23.4. The van der Waals surface area contributed by atoms with Gasteiger partial charge in [-0.2, -0.15) is 4.98 Å². The van der Waals surface area contributed by atoms with Crippen molar-refractivity contribution in [1.29, 1.82) is 0 Å². The number of nitrogens with one attached hydrogen (secondary N) is 1. The molecular weight excluding hydrogens is 555 g/mol. The van der Waals surface area contributed by atoms with Gasteiger partial charge >= 0.3 is 5.97 Å². The van der Waals surface area contributed by atoms with Crippen LogP contribution in [0.1, 0.15) is 48.0 Å². The molecule has 0 saturated carbocycles. The largest absolute Gasteiger partial charge is 0.467 e. The standard InChI is InChI=1S/C28H33FN4O7S/c1-30-26(35)23-20-16-18(8-5-6-10-22(34)33-15-7-9-21(33)28(36)39-3)25(32(2)41(4,37)38)31-27(20)40-24(23)17-11-13-19(29)14-12-17/h11-14,16,21H,5-10,15H2,1-4H3,(H,30,35)/t21-/m0/s1. The molecule has 1 fully saturated rings. The highest BCUT2D eigenvalue weighted by Crippen LogP contribution is 2.36. The summed E-state index contributed by atoms with van der Waals surface area (Å²) < 4.78 is 50.3. The van der Waals surface area contributed by atoms with Crippen molar-refractivity contribution in [3.05, 3.63) is 47.3 Å². The van der Waals surface area contributed by atoms with Crippen LogP contribution in [0.15, 0.2) is 34.7 Å². The molecule has 4 rings (SSSR count). The van der Waals surface area contributed by atoms with E-state index >= 15 is 0 Å². The summed E-state index contributed by atoms with van der Waals surface area (Å²) in [5.74, 6) is -1.14. The Morgan fingerprint density at radius 3 is 2.56 bits per heavy atom. The molecule has 220 valence electrons. The van der Waals surface area contributed by atoms with Gasteiger partial charge in [-0.25, -0.2) is 17.6 Å². The first-order valence-corrected chi connectivity index (χ1v) is 15.1. The highest BCUT2D eigenvalue weighted by Gasteiger charge is 2.34. The zero-order valence-corrected chi connectivity index (χ0v) is 24.2. The minimum atomic E-state index is -3.70. The number of nitrogens with zero attached hydrogens (tertiary/aromatic N) is 3. The second-order valence-corrected chi connectivity index (χ2v) is 11.9. The van der Waals surface area contributed by atoms with E-state index < -0.39 is 33.8 Å². The molecule has 0 spiro atoms. The Balaban J connectivity index is 1.65. The molecule has 1 saturated heterocycles. The maximum Gasteiger partial charge on any atom is 0.328 e. The van der Waals surface area contributed by atoms with Gasteiger partial charge in [0, 0.05) is 32.6 Å². The maximum absolute atomic E-state index is 13.6. The monoisotopic (exact) mass is 588 g/mol. The number of furan rings is 1. The Labute approximate surface area is 237 Å². The van der Waals surface area contributed by atoms with Crippen molar-refractivity contribution in [1.82, 2.24) is 15.2 Å². The van der Waals surface area contributed by atoms with Crippen molar-refractivity contribution >= 4 is 44.7 Å². The van der Waals surface area contributed by atoms with Crippen LogP contribution in [-0.4, -0.2) is 76.1 Å². The van der Waals surface area contributed by atoms with Crippen molar-refractivity contribution in [2.24, 2.45) is 0 Å². The average Bonchev–Trinajstić information content (AvgIpc) is 3.58. The van der Waals surface area contributed by atoms with E-state index in [4.69, 9.17) is 9.15 Å². The molecule has 2 amide bonds. The van der Waals surface area contributed by atoms with Crippen molar-refractivity contribution in [3.63, 3.8) is 0 Å². The molecule has 1 atom stereocenters. The minimum Gasteiger partial charge on any atom is -0.467 e. The molecule has 1 N–H and O–H groups in total. The predicted octanol–water partition coefficient (Wildman–Crippen LogP) is 3.27. The van der Waals surface area contributed by atoms with Crippen LogP contribution >= 0.6 is 0 Å². The molecule has 3 heterocycles. The second-order valence-electron chi connectivity index (χ2n) is 9.92. The Morgan fingerprint density at radius 1 is 1.22 bits per heavy atom. The van der Waals surface area contributed by atoms with Crippen molar-refractivity contribution in [2.45, 2.75) is 44.6 Å². The molecule has 0 bridgehead atoms. The van der Waals surface area contributed by atoms with E-state index in [1.165, 1.54) is 45.5 Å². The molecule has 0 radical (unpaired) electrons. The fourth-order valence-electron chi connectivity index (χ4n) is 5.01. The number of amides is 2. The van der Waals surface area contributed by atoms with E-state index in [1.807, 2.05) is 0 Å². The fourth-order valence-corrected chi connectivity index (χ4v) is 5.48. The molecule has 2 aromatic heterocycles. The molecule has 11 nitrogen and oxygen atoms in total. The van der Waals surface area contributed by atoms with Crippen LogP contribution in [0.3, 0.4) is 0 Å². The summed E-state index contributed by atoms with van der Waals surface area (Å²) in [5.41, 5.74) is 1.24. The van der Waals surface area contributed by atoms with Crippen LogP contribution in [-0.2, 0) is 30.8 Å². The molecule has 1 aliphatic heterocycles. The summed E-state index contributed by atoms with van der Waals surface area (Å²) in [6.45, 7) is 0.502. The number of rotatable bonds is 10. The van der Waals surface area contributed by atoms with Gasteiger partial charge in [0.15, 0.2) is 0 Å². The van der Waals surface area contributed by atoms with Gasteiger partial charge in [0.05, 0.1) is 24.3 Å². The number of fused-ring (bicyclic) bond motifs is 1. The molecular formula is C28H33FN4O7S. The van der Waals surface area contributed by atoms with Gasteiger partial charge in [-0.15, -0.1) is 0 Å². The predicted molar refractivity (Wildman–Crippen MR) is 150 cm³/mol. The van der Waals surface area contributed by atoms with Crippen LogP contribution < -0.4 is 9.62 Å². The van der Waals surface area contributed by atoms with E-state index in [2.05, 4.69) is 10.3 Å². The molecule has 41 heavy (non-hydrogen) atoms. The third kappa shape index (κ3) is 6.34. The summed E-state index contributed by atoms with van der Waals surface area (Å²) in [6, 6.07) is 6.56. The Kier molecular flexibility index (Phi) is 8.95. The van der Waals surface area contributed by atoms with E-state index in [0.29, 0.717) is 48.7 Å². The summed E-state index contributed by atoms with van der Waals surface area (Å²) in [7, 11) is 0.452. The number of esters is 1. The van der Waals surface area contributed by atoms with Crippen LogP contribution in [0.5, 0.6) is 0 Å². The number of methoxy groups -OCH3 is 1. The number of unbranched alkanes of at least 4 members (excludes halogenated alkanes) is 1. The van der Waals surface area contributed by atoms with Crippen molar-refractivity contribution < 1.29 is 36.3 Å². The first-order valence-electron chi connectivity index (χ1n) is 13.2. The first kappa shape index (κ1) is 30.0. The van der Waals surface area contributed by atoms with Crippen molar-refractivity contribution in [3.8, 4) is 11.3 Å². The Morgan fingerprint density at radius 2 is 1.93 bits per heavy atom. The van der Waals surface area contributed by atoms with Crippen molar-refractivity contribution in [2.75, 3.05) is 38.3 Å². The van der Waals surface area contributed by atoms with Gasteiger partial charge in [0.25, 0.3) is 5.91 Å². The van der Waals surface area contributed by atoms with Gasteiger partial charge < -0.3 is 19.4 Å². The summed E-state index contributed by atoms with van der Waals surface area (Å²) in [6.07, 6.45) is 3.92. The number of ether oxygens (including phenoxy) is 1. The number of pyridine rings is 1. The highest BCUT2D eigenvalue weighted by molar-refractivity contribution is 7.92. The lowest BCUT2D eigenvalue weighted by atomic mass is 10.0. The smallest absolute Gasteiger partial charge is 0.328 e. The lowest BCUT2D eigenvalue weighted by molar-refractivity contribution is -0.151. The van der Waals surface area contributed by atoms with E-state index in [0.717, 1.165) is 17.0 Å². The number of likely N-dealkylation sites (tertiary alicyclic amines) is 1. The van der Waals surface area contributed by atoms with Gasteiger partial charge in [-0.05, 0) is 68.0 Å². The van der Waals surface area contributed by atoms with Gasteiger partial charge in [0.2, 0.25) is 21.6 Å². The number of carbonyl (C=O) groups excluding carboxylic acids is 3. The van der Waals surface area contributed by atoms with Crippen LogP contribution in [0.2, 0.25) is 0 Å². The number of halogens is 1. The number of sulfonamides is 1. The highest BCUT2D eigenvalue weighted by atomic mass is 32.2. The SMILES string of the molecule is CNC(=O)c1c(-c2ccc(F)cc2)oc2nc(N(C)S(C)(=O)=O)c(CCCCC(=O)N3CCC[C@H]3C(=O)OC)cc12. The Hall–Kier alpha value is -4.00. The number of hydrogen-bond donors (Lipinski definition) is 1. The number of hydrogen-bond acceptors (Lipinski definition) is 8. The van der Waals surface area contributed by atoms with Gasteiger partial charge in [-0.1, -0.05) is 0 Å². The fraction of sp³-hybridized carbons (Fsp3) is 0.429. The average molecular weight is 589 g/mol. The number of anilines is 1. The quantitative estimate of drug-likeness (QED) is 0.281. The van der Waals surface area contributed by atoms with E-state index in [9.17, 15) is 27.2 Å². The normalized spacial score (nSPS) is 15.2. The lowest BCUT2D eigenvalue weighted by Crippen LogP contribution is -2.40. The zero-order chi connectivity index (χ0) is 29.9. The first-order chi connectivity index (χ1) is 19.5. The van der Waals surface area contributed by atoms with E-state index in [-0.39, 0.29) is 35.2 Å². The molecule has 0 unspecified atom stereocenters. The number of carbonyl (C=O) groups is 3. The van der Waals surface area contributed by atoms with E-state index in [1.54, 1.807) is 11.0 Å². The number of benzene rings is 1. The lowest BCUT2D eigenvalue weighted by Gasteiger charge is -2.22. The van der Waals surface area contributed by atoms with Gasteiger partial charge in [0.1, 0.15) is 23.4 Å². The summed E-state index contributed by atoms with van der Waals surface area (Å²) in [5, 5.41) is 2.96. The third-order valence-electron chi connectivity index (χ3n) is 7.23. The molecule has 13 heteroatoms. The molecule has 0 aliphatic carbocycles. The summed E-state index contributed by atoms with van der Waals surface area (Å²) >= 11 is 0. The maximum atomic E-state index is 13.6. The number of aromatic nitrogens is 1. The van der Waals surface area contributed by atoms with Gasteiger partial charge in [-0.3, -0.25) is 13.9 Å². The topological polar surface area (TPSA) is 139 Å². The minimum absolute atomic E-state index is 0.0511. The van der Waals surface area contributed by atoms with Crippen LogP contribution in [0, 0.1) is 5.82 Å². The molecule has 1 aromatic carbocycles. The molecule has 1 aliphatic rings. The van der Waals surface area contributed by atoms with Crippen LogP contribution in [0.4, 0.5) is 10.2 Å². The summed E-state index contributed by atoms with van der Waals surface area (Å²) in [4.78, 5) is 43.8. The Bertz CT molecular complexity index is 1570. The number of aryl methyl sites for hydroxylation is 1. The molecule has 3 aromatic rings.